The van der Waals surface area contributed by atoms with Crippen LogP contribution in [0.5, 0.6) is 0 Å². The summed E-state index contributed by atoms with van der Waals surface area (Å²) in [5.41, 5.74) is 0. The SMILES string of the molecule is Cn1ccnc1CN1CCN(CC2CCOCC2)CC1. The largest absolute Gasteiger partial charge is 0.381 e. The van der Waals surface area contributed by atoms with Crippen LogP contribution in [0.2, 0.25) is 0 Å². The molecule has 3 heterocycles. The van der Waals surface area contributed by atoms with Gasteiger partial charge in [-0.25, -0.2) is 4.98 Å². The molecular weight excluding hydrogens is 252 g/mol. The van der Waals surface area contributed by atoms with Gasteiger partial charge >= 0.3 is 0 Å². The molecule has 2 aliphatic rings. The highest BCUT2D eigenvalue weighted by Crippen LogP contribution is 2.17. The Morgan fingerprint density at radius 1 is 1.15 bits per heavy atom. The quantitative estimate of drug-likeness (QED) is 0.821. The van der Waals surface area contributed by atoms with Crippen LogP contribution in [0.25, 0.3) is 0 Å². The summed E-state index contributed by atoms with van der Waals surface area (Å²) in [4.78, 5) is 9.56. The Morgan fingerprint density at radius 3 is 2.50 bits per heavy atom. The maximum absolute atomic E-state index is 5.44. The number of imidazole rings is 1. The molecule has 0 unspecified atom stereocenters. The Hall–Kier alpha value is -0.910. The minimum atomic E-state index is 0.852. The molecule has 112 valence electrons. The zero-order valence-electron chi connectivity index (χ0n) is 12.5. The summed E-state index contributed by atoms with van der Waals surface area (Å²) in [5, 5.41) is 0. The summed E-state index contributed by atoms with van der Waals surface area (Å²) in [6.07, 6.45) is 6.40. The first-order valence-electron chi connectivity index (χ1n) is 7.80. The van der Waals surface area contributed by atoms with Crippen molar-refractivity contribution in [1.29, 1.82) is 0 Å². The van der Waals surface area contributed by atoms with Crippen LogP contribution >= 0.6 is 0 Å². The van der Waals surface area contributed by atoms with E-state index in [2.05, 4.69) is 26.4 Å². The van der Waals surface area contributed by atoms with Crippen molar-refractivity contribution in [2.45, 2.75) is 19.4 Å². The highest BCUT2D eigenvalue weighted by atomic mass is 16.5. The number of hydrogen-bond acceptors (Lipinski definition) is 4. The zero-order chi connectivity index (χ0) is 13.8. The number of nitrogens with zero attached hydrogens (tertiary/aromatic N) is 4. The lowest BCUT2D eigenvalue weighted by Crippen LogP contribution is -2.47. The topological polar surface area (TPSA) is 33.5 Å². The molecule has 0 N–H and O–H groups in total. The van der Waals surface area contributed by atoms with Crippen molar-refractivity contribution in [2.24, 2.45) is 13.0 Å². The van der Waals surface area contributed by atoms with Gasteiger partial charge in [0, 0.05) is 65.4 Å². The highest BCUT2D eigenvalue weighted by Gasteiger charge is 2.22. The molecule has 1 aromatic rings. The molecule has 0 bridgehead atoms. The van der Waals surface area contributed by atoms with E-state index in [9.17, 15) is 0 Å². The Balaban J connectivity index is 1.41. The van der Waals surface area contributed by atoms with Crippen molar-refractivity contribution < 1.29 is 4.74 Å². The summed E-state index contributed by atoms with van der Waals surface area (Å²) >= 11 is 0. The highest BCUT2D eigenvalue weighted by molar-refractivity contribution is 4.91. The standard InChI is InChI=1S/C15H26N4O/c1-17-5-4-16-15(17)13-19-8-6-18(7-9-19)12-14-2-10-20-11-3-14/h4-5,14H,2-3,6-13H2,1H3. The Bertz CT molecular complexity index is 406. The number of aromatic nitrogens is 2. The maximum atomic E-state index is 5.44. The van der Waals surface area contributed by atoms with Gasteiger partial charge in [-0.05, 0) is 18.8 Å². The molecule has 5 nitrogen and oxygen atoms in total. The molecule has 5 heteroatoms. The van der Waals surface area contributed by atoms with Crippen LogP contribution in [0.15, 0.2) is 12.4 Å². The lowest BCUT2D eigenvalue weighted by Gasteiger charge is -2.37. The second-order valence-electron chi connectivity index (χ2n) is 6.09. The predicted molar refractivity (Wildman–Crippen MR) is 78.5 cm³/mol. The molecular formula is C15H26N4O. The van der Waals surface area contributed by atoms with Gasteiger partial charge in [-0.1, -0.05) is 0 Å². The molecule has 0 radical (unpaired) electrons. The smallest absolute Gasteiger partial charge is 0.122 e. The fraction of sp³-hybridized carbons (Fsp3) is 0.800. The van der Waals surface area contributed by atoms with E-state index in [1.165, 1.54) is 38.3 Å². The monoisotopic (exact) mass is 278 g/mol. The third-order valence-electron chi connectivity index (χ3n) is 4.61. The molecule has 1 aromatic heterocycles. The van der Waals surface area contributed by atoms with Crippen LogP contribution in [0.3, 0.4) is 0 Å². The van der Waals surface area contributed by atoms with E-state index in [0.29, 0.717) is 0 Å². The van der Waals surface area contributed by atoms with Gasteiger partial charge in [-0.15, -0.1) is 0 Å². The number of aryl methyl sites for hydroxylation is 1. The summed E-state index contributed by atoms with van der Waals surface area (Å²) in [5.74, 6) is 2.02. The van der Waals surface area contributed by atoms with Crippen molar-refractivity contribution in [3.8, 4) is 0 Å². The molecule has 0 spiro atoms. The summed E-state index contributed by atoms with van der Waals surface area (Å²) in [7, 11) is 2.07. The summed E-state index contributed by atoms with van der Waals surface area (Å²) in [6, 6.07) is 0. The molecule has 0 saturated carbocycles. The molecule has 0 aromatic carbocycles. The van der Waals surface area contributed by atoms with E-state index < -0.39 is 0 Å². The van der Waals surface area contributed by atoms with E-state index >= 15 is 0 Å². The van der Waals surface area contributed by atoms with Crippen LogP contribution in [-0.2, 0) is 18.3 Å². The van der Waals surface area contributed by atoms with Gasteiger partial charge in [0.1, 0.15) is 5.82 Å². The molecule has 2 fully saturated rings. The molecule has 2 aliphatic heterocycles. The van der Waals surface area contributed by atoms with Crippen molar-refractivity contribution in [3.05, 3.63) is 18.2 Å². The van der Waals surface area contributed by atoms with E-state index in [1.54, 1.807) is 0 Å². The first-order valence-corrected chi connectivity index (χ1v) is 7.80. The summed E-state index contributed by atoms with van der Waals surface area (Å²) in [6.45, 7) is 8.89. The van der Waals surface area contributed by atoms with Crippen molar-refractivity contribution in [1.82, 2.24) is 19.4 Å². The minimum absolute atomic E-state index is 0.852. The van der Waals surface area contributed by atoms with Gasteiger partial charge in [0.25, 0.3) is 0 Å². The van der Waals surface area contributed by atoms with Crippen molar-refractivity contribution >= 4 is 0 Å². The Kier molecular flexibility index (Phi) is 4.70. The Labute approximate surface area is 121 Å². The second-order valence-corrected chi connectivity index (χ2v) is 6.09. The average molecular weight is 278 g/mol. The van der Waals surface area contributed by atoms with Crippen molar-refractivity contribution in [3.63, 3.8) is 0 Å². The van der Waals surface area contributed by atoms with Crippen LogP contribution in [0.1, 0.15) is 18.7 Å². The lowest BCUT2D eigenvalue weighted by atomic mass is 9.99. The molecule has 0 aliphatic carbocycles. The summed E-state index contributed by atoms with van der Waals surface area (Å²) < 4.78 is 7.56. The molecule has 2 saturated heterocycles. The van der Waals surface area contributed by atoms with Crippen LogP contribution in [0, 0.1) is 5.92 Å². The third kappa shape index (κ3) is 3.59. The molecule has 0 atom stereocenters. The Morgan fingerprint density at radius 2 is 1.85 bits per heavy atom. The van der Waals surface area contributed by atoms with E-state index in [4.69, 9.17) is 4.74 Å². The van der Waals surface area contributed by atoms with Gasteiger partial charge in [0.15, 0.2) is 0 Å². The fourth-order valence-corrected chi connectivity index (χ4v) is 3.17. The minimum Gasteiger partial charge on any atom is -0.381 e. The van der Waals surface area contributed by atoms with Gasteiger partial charge in [-0.2, -0.15) is 0 Å². The van der Waals surface area contributed by atoms with Crippen LogP contribution in [-0.4, -0.2) is 65.3 Å². The van der Waals surface area contributed by atoms with E-state index in [1.807, 2.05) is 12.4 Å². The number of ether oxygens (including phenoxy) is 1. The third-order valence-corrected chi connectivity index (χ3v) is 4.61. The first kappa shape index (κ1) is 14.0. The molecule has 0 amide bonds. The van der Waals surface area contributed by atoms with Crippen LogP contribution < -0.4 is 0 Å². The van der Waals surface area contributed by atoms with E-state index in [-0.39, 0.29) is 0 Å². The molecule has 20 heavy (non-hydrogen) atoms. The number of hydrogen-bond donors (Lipinski definition) is 0. The zero-order valence-corrected chi connectivity index (χ0v) is 12.5. The fourth-order valence-electron chi connectivity index (χ4n) is 3.17. The number of rotatable bonds is 4. The molecule has 3 rings (SSSR count). The van der Waals surface area contributed by atoms with Gasteiger partial charge in [-0.3, -0.25) is 4.90 Å². The van der Waals surface area contributed by atoms with Crippen molar-refractivity contribution in [2.75, 3.05) is 45.9 Å². The van der Waals surface area contributed by atoms with Crippen LogP contribution in [0.4, 0.5) is 0 Å². The average Bonchev–Trinajstić information content (AvgIpc) is 2.88. The van der Waals surface area contributed by atoms with E-state index in [0.717, 1.165) is 38.8 Å². The second kappa shape index (κ2) is 6.70. The predicted octanol–water partition coefficient (Wildman–Crippen LogP) is 0.964. The van der Waals surface area contributed by atoms with Gasteiger partial charge < -0.3 is 14.2 Å². The normalized spacial score (nSPS) is 23.2. The number of piperazine rings is 1. The lowest BCUT2D eigenvalue weighted by molar-refractivity contribution is 0.0411. The van der Waals surface area contributed by atoms with Gasteiger partial charge in [0.05, 0.1) is 6.54 Å². The first-order chi connectivity index (χ1) is 9.81. The maximum Gasteiger partial charge on any atom is 0.122 e. The van der Waals surface area contributed by atoms with Gasteiger partial charge in [0.2, 0.25) is 0 Å².